The fraction of sp³-hybridized carbons (Fsp3) is 1.00. The molecule has 78 valence electrons. The Labute approximate surface area is 126 Å². The third-order valence-corrected chi connectivity index (χ3v) is 2.57. The first kappa shape index (κ1) is 15.5. The number of hydrogen-bond donors (Lipinski definition) is 0. The maximum atomic E-state index is 12.1. The van der Waals surface area contributed by atoms with Crippen LogP contribution in [0.2, 0.25) is 0 Å². The van der Waals surface area contributed by atoms with Crippen LogP contribution in [0.15, 0.2) is 0 Å². The Morgan fingerprint density at radius 1 is 1.21 bits per heavy atom. The average Bonchev–Trinajstić information content (AvgIpc) is 2.12. The SMILES string of the molecule is CC1CCCN(C[B-](F)(F)F)CC1.[K+]. The summed E-state index contributed by atoms with van der Waals surface area (Å²) in [6.07, 6.45) is 2.22. The molecule has 1 nitrogen and oxygen atoms in total. The summed E-state index contributed by atoms with van der Waals surface area (Å²) in [5, 5.41) is 0. The van der Waals surface area contributed by atoms with Crippen molar-refractivity contribution in [1.29, 1.82) is 0 Å². The van der Waals surface area contributed by atoms with E-state index in [-0.39, 0.29) is 51.4 Å². The Balaban J connectivity index is 0.00000169. The van der Waals surface area contributed by atoms with E-state index >= 15 is 0 Å². The molecule has 0 aromatic rings. The van der Waals surface area contributed by atoms with Crippen molar-refractivity contribution >= 4 is 6.98 Å². The van der Waals surface area contributed by atoms with E-state index in [1.807, 2.05) is 0 Å². The predicted octanol–water partition coefficient (Wildman–Crippen LogP) is -0.501. The zero-order chi connectivity index (χ0) is 9.90. The summed E-state index contributed by atoms with van der Waals surface area (Å²) in [4.78, 5) is 1.55. The van der Waals surface area contributed by atoms with Gasteiger partial charge in [0.1, 0.15) is 0 Å². The van der Waals surface area contributed by atoms with Gasteiger partial charge in [-0.1, -0.05) is 6.92 Å². The molecule has 1 heterocycles. The van der Waals surface area contributed by atoms with Crippen molar-refractivity contribution in [3.05, 3.63) is 0 Å². The molecule has 1 aliphatic heterocycles. The molecule has 1 aliphatic rings. The molecule has 1 fully saturated rings. The van der Waals surface area contributed by atoms with Crippen molar-refractivity contribution < 1.29 is 64.3 Å². The minimum absolute atomic E-state index is 0. The van der Waals surface area contributed by atoms with Crippen LogP contribution in [0.4, 0.5) is 12.9 Å². The van der Waals surface area contributed by atoms with E-state index in [1.165, 1.54) is 0 Å². The average molecular weight is 233 g/mol. The molecule has 1 atom stereocenters. The van der Waals surface area contributed by atoms with E-state index < -0.39 is 13.4 Å². The summed E-state index contributed by atoms with van der Waals surface area (Å²) in [7, 11) is 0. The normalized spacial score (nSPS) is 25.3. The molecule has 1 unspecified atom stereocenters. The Morgan fingerprint density at radius 2 is 1.86 bits per heavy atom. The Kier molecular flexibility index (Phi) is 7.63. The molecule has 0 N–H and O–H groups in total. The zero-order valence-corrected chi connectivity index (χ0v) is 12.1. The van der Waals surface area contributed by atoms with Gasteiger partial charge in [0.05, 0.1) is 0 Å². The topological polar surface area (TPSA) is 3.24 Å². The van der Waals surface area contributed by atoms with Gasteiger partial charge in [-0.15, -0.1) is 0 Å². The van der Waals surface area contributed by atoms with Crippen molar-refractivity contribution in [2.75, 3.05) is 19.5 Å². The summed E-state index contributed by atoms with van der Waals surface area (Å²) in [6, 6.07) is 0. The predicted molar refractivity (Wildman–Crippen MR) is 48.5 cm³/mol. The van der Waals surface area contributed by atoms with E-state index in [1.54, 1.807) is 4.90 Å². The van der Waals surface area contributed by atoms with Gasteiger partial charge in [0.2, 0.25) is 0 Å². The maximum absolute atomic E-state index is 12.1. The molecule has 14 heavy (non-hydrogen) atoms. The van der Waals surface area contributed by atoms with Crippen LogP contribution in [0, 0.1) is 5.92 Å². The Bertz CT molecular complexity index is 165. The van der Waals surface area contributed by atoms with Crippen LogP contribution < -0.4 is 51.4 Å². The summed E-state index contributed by atoms with van der Waals surface area (Å²) < 4.78 is 36.3. The largest absolute Gasteiger partial charge is 1.00 e. The van der Waals surface area contributed by atoms with Gasteiger partial charge in [-0.2, -0.15) is 0 Å². The first-order valence-electron chi connectivity index (χ1n) is 4.91. The van der Waals surface area contributed by atoms with Crippen LogP contribution in [0.3, 0.4) is 0 Å². The van der Waals surface area contributed by atoms with Crippen LogP contribution in [0.1, 0.15) is 26.2 Å². The van der Waals surface area contributed by atoms with Crippen molar-refractivity contribution in [2.45, 2.75) is 26.2 Å². The van der Waals surface area contributed by atoms with Crippen LogP contribution in [0.5, 0.6) is 0 Å². The van der Waals surface area contributed by atoms with Gasteiger partial charge in [-0.05, 0) is 44.7 Å². The molecule has 0 aromatic heterocycles. The first-order chi connectivity index (χ1) is 5.97. The van der Waals surface area contributed by atoms with Gasteiger partial charge in [-0.3, -0.25) is 0 Å². The molecular weight excluding hydrogens is 217 g/mol. The first-order valence-corrected chi connectivity index (χ1v) is 4.91. The fourth-order valence-corrected chi connectivity index (χ4v) is 1.80. The second kappa shape index (κ2) is 6.91. The zero-order valence-electron chi connectivity index (χ0n) is 8.98. The molecule has 6 heteroatoms. The summed E-state index contributed by atoms with van der Waals surface area (Å²) >= 11 is 0. The van der Waals surface area contributed by atoms with Crippen molar-refractivity contribution in [3.8, 4) is 0 Å². The Hall–Kier alpha value is 1.45. The van der Waals surface area contributed by atoms with E-state index in [2.05, 4.69) is 6.92 Å². The third kappa shape index (κ3) is 6.85. The molecule has 0 bridgehead atoms. The number of likely N-dealkylation sites (tertiary alicyclic amines) is 1. The van der Waals surface area contributed by atoms with Crippen LogP contribution in [-0.4, -0.2) is 31.4 Å². The third-order valence-electron chi connectivity index (χ3n) is 2.57. The van der Waals surface area contributed by atoms with Gasteiger partial charge in [0.15, 0.2) is 0 Å². The van der Waals surface area contributed by atoms with Crippen molar-refractivity contribution in [1.82, 2.24) is 4.90 Å². The van der Waals surface area contributed by atoms with Crippen LogP contribution >= 0.6 is 0 Å². The Morgan fingerprint density at radius 3 is 2.43 bits per heavy atom. The minimum Gasteiger partial charge on any atom is -0.448 e. The van der Waals surface area contributed by atoms with E-state index in [9.17, 15) is 12.9 Å². The summed E-state index contributed by atoms with van der Waals surface area (Å²) in [5.41, 5.74) is 0. The molecule has 1 rings (SSSR count). The van der Waals surface area contributed by atoms with E-state index in [0.29, 0.717) is 19.0 Å². The smallest absolute Gasteiger partial charge is 0.448 e. The monoisotopic (exact) mass is 233 g/mol. The molecule has 0 aliphatic carbocycles. The molecule has 0 amide bonds. The van der Waals surface area contributed by atoms with Gasteiger partial charge in [-0.25, -0.2) is 0 Å². The number of rotatable bonds is 2. The van der Waals surface area contributed by atoms with Crippen molar-refractivity contribution in [2.24, 2.45) is 5.92 Å². The van der Waals surface area contributed by atoms with Gasteiger partial charge < -0.3 is 17.8 Å². The van der Waals surface area contributed by atoms with E-state index in [4.69, 9.17) is 0 Å². The van der Waals surface area contributed by atoms with Crippen molar-refractivity contribution in [3.63, 3.8) is 0 Å². The molecule has 0 aromatic carbocycles. The number of halogens is 3. The molecular formula is C8H16BF3KN. The van der Waals surface area contributed by atoms with E-state index in [0.717, 1.165) is 19.3 Å². The minimum atomic E-state index is -4.63. The van der Waals surface area contributed by atoms with Gasteiger partial charge in [0, 0.05) is 0 Å². The molecule has 0 saturated carbocycles. The standard InChI is InChI=1S/C8H16BF3N.K/c1-8-3-2-5-13(6-4-8)7-9(10,11)12;/h8H,2-7H2,1H3;/q-1;+1. The van der Waals surface area contributed by atoms with Gasteiger partial charge >= 0.3 is 58.4 Å². The maximum Gasteiger partial charge on any atom is 1.00 e. The second-order valence-corrected chi connectivity index (χ2v) is 4.05. The quantitative estimate of drug-likeness (QED) is 0.581. The number of hydrogen-bond acceptors (Lipinski definition) is 1. The molecule has 1 saturated heterocycles. The van der Waals surface area contributed by atoms with Crippen LogP contribution in [-0.2, 0) is 0 Å². The second-order valence-electron chi connectivity index (χ2n) is 4.05. The fourth-order valence-electron chi connectivity index (χ4n) is 1.80. The van der Waals surface area contributed by atoms with Gasteiger partial charge in [0.25, 0.3) is 0 Å². The summed E-state index contributed by atoms with van der Waals surface area (Å²) in [6.45, 7) is -1.29. The summed E-state index contributed by atoms with van der Waals surface area (Å²) in [5.74, 6) is 0.589. The van der Waals surface area contributed by atoms with Crippen LogP contribution in [0.25, 0.3) is 0 Å². The molecule has 0 radical (unpaired) electrons. The number of nitrogens with zero attached hydrogens (tertiary/aromatic N) is 1. The molecule has 0 spiro atoms.